The summed E-state index contributed by atoms with van der Waals surface area (Å²) in [6.07, 6.45) is 10.1. The van der Waals surface area contributed by atoms with Crippen molar-refractivity contribution in [1.29, 1.82) is 0 Å². The first-order chi connectivity index (χ1) is 6.18. The summed E-state index contributed by atoms with van der Waals surface area (Å²) in [5, 5.41) is 0. The Morgan fingerprint density at radius 3 is 2.92 bits per heavy atom. The van der Waals surface area contributed by atoms with Crippen LogP contribution >= 0.6 is 0 Å². The van der Waals surface area contributed by atoms with E-state index >= 15 is 0 Å². The molecule has 2 rings (SSSR count). The molecule has 3 atom stereocenters. The van der Waals surface area contributed by atoms with Gasteiger partial charge in [-0.1, -0.05) is 37.3 Å². The van der Waals surface area contributed by atoms with Gasteiger partial charge < -0.3 is 0 Å². The second kappa shape index (κ2) is 2.69. The minimum absolute atomic E-state index is 0.0281. The number of rotatable bonds is 2. The Bertz CT molecular complexity index is 311. The summed E-state index contributed by atoms with van der Waals surface area (Å²) in [4.78, 5) is 10.3. The maximum atomic E-state index is 10.3. The predicted molar refractivity (Wildman–Crippen MR) is 53.2 cm³/mol. The molecule has 0 amide bonds. The predicted octanol–water partition coefficient (Wildman–Crippen LogP) is 2.51. The number of hydrogen-bond donors (Lipinski definition) is 0. The van der Waals surface area contributed by atoms with Crippen molar-refractivity contribution < 1.29 is 4.79 Å². The molecule has 68 valence electrons. The molecule has 2 bridgehead atoms. The van der Waals surface area contributed by atoms with Crippen molar-refractivity contribution in [2.45, 2.75) is 13.3 Å². The van der Waals surface area contributed by atoms with Gasteiger partial charge in [0.05, 0.1) is 0 Å². The molecule has 0 spiro atoms. The van der Waals surface area contributed by atoms with E-state index in [-0.39, 0.29) is 5.41 Å². The summed E-state index contributed by atoms with van der Waals surface area (Å²) in [6.45, 7) is 6.29. The van der Waals surface area contributed by atoms with Gasteiger partial charge in [0.25, 0.3) is 0 Å². The van der Waals surface area contributed by atoms with Crippen molar-refractivity contribution in [1.82, 2.24) is 0 Å². The van der Waals surface area contributed by atoms with Crippen LogP contribution in [0.1, 0.15) is 13.3 Å². The lowest BCUT2D eigenvalue weighted by atomic mass is 9.74. The highest BCUT2D eigenvalue weighted by Crippen LogP contribution is 2.55. The highest BCUT2D eigenvalue weighted by atomic mass is 16.1. The first-order valence-corrected chi connectivity index (χ1v) is 4.69. The van der Waals surface area contributed by atoms with Crippen molar-refractivity contribution in [2.75, 3.05) is 0 Å². The number of hydrogen-bond acceptors (Lipinski definition) is 1. The lowest BCUT2D eigenvalue weighted by molar-refractivity contribution is -0.104. The Morgan fingerprint density at radius 2 is 2.38 bits per heavy atom. The van der Waals surface area contributed by atoms with Crippen LogP contribution in [0.2, 0.25) is 0 Å². The quantitative estimate of drug-likeness (QED) is 0.357. The molecule has 0 aromatic rings. The molecule has 1 nitrogen and oxygen atoms in total. The fourth-order valence-corrected chi connectivity index (χ4v) is 2.51. The van der Waals surface area contributed by atoms with E-state index in [4.69, 9.17) is 0 Å². The van der Waals surface area contributed by atoms with Crippen LogP contribution in [0.15, 0.2) is 36.5 Å². The Kier molecular flexibility index (Phi) is 1.76. The third-order valence-electron chi connectivity index (χ3n) is 3.51. The van der Waals surface area contributed by atoms with Crippen molar-refractivity contribution in [3.05, 3.63) is 36.5 Å². The van der Waals surface area contributed by atoms with E-state index < -0.39 is 0 Å². The zero-order valence-electron chi connectivity index (χ0n) is 7.86. The van der Waals surface area contributed by atoms with E-state index in [1.807, 2.05) is 6.08 Å². The maximum absolute atomic E-state index is 10.3. The van der Waals surface area contributed by atoms with Gasteiger partial charge in [0, 0.05) is 5.41 Å². The zero-order chi connectivity index (χ0) is 9.47. The molecular formula is C12H14O. The van der Waals surface area contributed by atoms with Gasteiger partial charge in [0.15, 0.2) is 0 Å². The maximum Gasteiger partial charge on any atom is 0.142 e. The lowest BCUT2D eigenvalue weighted by Gasteiger charge is -2.29. The minimum Gasteiger partial charge on any atom is -0.299 e. The SMILES string of the molecule is C=C1C2C=C[C@@H](C2)[C@@]1(C)/C=C/C=O. The van der Waals surface area contributed by atoms with Gasteiger partial charge in [-0.2, -0.15) is 0 Å². The monoisotopic (exact) mass is 174 g/mol. The van der Waals surface area contributed by atoms with Crippen LogP contribution in [-0.2, 0) is 4.79 Å². The summed E-state index contributed by atoms with van der Waals surface area (Å²) in [5.74, 6) is 1.10. The molecule has 0 radical (unpaired) electrons. The molecule has 1 heteroatoms. The van der Waals surface area contributed by atoms with Crippen LogP contribution in [0.4, 0.5) is 0 Å². The van der Waals surface area contributed by atoms with Gasteiger partial charge in [-0.15, -0.1) is 0 Å². The first kappa shape index (κ1) is 8.49. The zero-order valence-corrected chi connectivity index (χ0v) is 7.86. The topological polar surface area (TPSA) is 17.1 Å². The lowest BCUT2D eigenvalue weighted by Crippen LogP contribution is -2.21. The van der Waals surface area contributed by atoms with Crippen LogP contribution < -0.4 is 0 Å². The van der Waals surface area contributed by atoms with Crippen LogP contribution in [0.25, 0.3) is 0 Å². The highest BCUT2D eigenvalue weighted by molar-refractivity contribution is 5.65. The molecule has 0 aromatic heterocycles. The smallest absolute Gasteiger partial charge is 0.142 e. The molecule has 0 saturated heterocycles. The summed E-state index contributed by atoms with van der Waals surface area (Å²) in [7, 11) is 0. The third kappa shape index (κ3) is 1.03. The van der Waals surface area contributed by atoms with Crippen molar-refractivity contribution >= 4 is 6.29 Å². The fraction of sp³-hybridized carbons (Fsp3) is 0.417. The molecule has 0 aromatic carbocycles. The second-order valence-corrected chi connectivity index (χ2v) is 4.14. The molecule has 0 aliphatic heterocycles. The molecule has 1 unspecified atom stereocenters. The van der Waals surface area contributed by atoms with Crippen molar-refractivity contribution in [3.8, 4) is 0 Å². The summed E-state index contributed by atoms with van der Waals surface area (Å²) >= 11 is 0. The fourth-order valence-electron chi connectivity index (χ4n) is 2.51. The molecule has 1 saturated carbocycles. The number of carbonyl (C=O) groups is 1. The van der Waals surface area contributed by atoms with Gasteiger partial charge in [-0.05, 0) is 24.3 Å². The van der Waals surface area contributed by atoms with Crippen LogP contribution in [0, 0.1) is 17.3 Å². The molecule has 13 heavy (non-hydrogen) atoms. The van der Waals surface area contributed by atoms with Gasteiger partial charge in [-0.3, -0.25) is 4.79 Å². The average Bonchev–Trinajstić information content (AvgIpc) is 2.68. The average molecular weight is 174 g/mol. The Morgan fingerprint density at radius 1 is 1.62 bits per heavy atom. The molecule has 2 aliphatic carbocycles. The van der Waals surface area contributed by atoms with E-state index in [0.717, 1.165) is 6.29 Å². The molecule has 2 aliphatic rings. The van der Waals surface area contributed by atoms with E-state index in [2.05, 4.69) is 25.7 Å². The number of allylic oxidation sites excluding steroid dienone is 5. The summed E-state index contributed by atoms with van der Waals surface area (Å²) in [6, 6.07) is 0. The summed E-state index contributed by atoms with van der Waals surface area (Å²) < 4.78 is 0. The highest BCUT2D eigenvalue weighted by Gasteiger charge is 2.46. The number of carbonyl (C=O) groups excluding carboxylic acids is 1. The van der Waals surface area contributed by atoms with Gasteiger partial charge in [0.2, 0.25) is 0 Å². The molecular weight excluding hydrogens is 160 g/mol. The second-order valence-electron chi connectivity index (χ2n) is 4.14. The normalized spacial score (nSPS) is 42.1. The van der Waals surface area contributed by atoms with Crippen LogP contribution in [0.3, 0.4) is 0 Å². The number of aldehydes is 1. The number of fused-ring (bicyclic) bond motifs is 2. The first-order valence-electron chi connectivity index (χ1n) is 4.69. The molecule has 1 fully saturated rings. The van der Waals surface area contributed by atoms with E-state index in [0.29, 0.717) is 11.8 Å². The largest absolute Gasteiger partial charge is 0.299 e. The van der Waals surface area contributed by atoms with Crippen molar-refractivity contribution in [3.63, 3.8) is 0 Å². The van der Waals surface area contributed by atoms with Gasteiger partial charge in [0.1, 0.15) is 6.29 Å². The third-order valence-corrected chi connectivity index (χ3v) is 3.51. The summed E-state index contributed by atoms with van der Waals surface area (Å²) in [5.41, 5.74) is 1.29. The van der Waals surface area contributed by atoms with Crippen LogP contribution in [0.5, 0.6) is 0 Å². The molecule has 0 N–H and O–H groups in total. The molecule has 0 heterocycles. The Labute approximate surface area is 78.8 Å². The van der Waals surface area contributed by atoms with Gasteiger partial charge in [-0.25, -0.2) is 0 Å². The van der Waals surface area contributed by atoms with E-state index in [9.17, 15) is 4.79 Å². The van der Waals surface area contributed by atoms with Crippen LogP contribution in [-0.4, -0.2) is 6.29 Å². The van der Waals surface area contributed by atoms with E-state index in [1.54, 1.807) is 6.08 Å². The Balaban J connectivity index is 2.33. The van der Waals surface area contributed by atoms with Gasteiger partial charge >= 0.3 is 0 Å². The minimum atomic E-state index is 0.0281. The standard InChI is InChI=1S/C12H14O/c1-9-10-4-5-11(8-10)12(9,2)6-3-7-13/h3-7,10-11H,1,8H2,2H3/b6-3+/t10?,11-,12-/m0/s1. The van der Waals surface area contributed by atoms with E-state index in [1.165, 1.54) is 12.0 Å². The van der Waals surface area contributed by atoms with Crippen molar-refractivity contribution in [2.24, 2.45) is 17.3 Å². The Hall–Kier alpha value is -1.11.